The lowest BCUT2D eigenvalue weighted by molar-refractivity contribution is 0.102. The minimum Gasteiger partial charge on any atom is -0.383 e. The Kier molecular flexibility index (Phi) is 6.54. The van der Waals surface area contributed by atoms with Gasteiger partial charge in [0, 0.05) is 36.7 Å². The molecule has 154 valence electrons. The Labute approximate surface area is 174 Å². The van der Waals surface area contributed by atoms with Crippen LogP contribution in [0.2, 0.25) is 0 Å². The normalized spacial score (nSPS) is 12.3. The molecule has 2 heterocycles. The van der Waals surface area contributed by atoms with Crippen molar-refractivity contribution in [1.82, 2.24) is 19.3 Å². The van der Waals surface area contributed by atoms with Crippen LogP contribution in [-0.2, 0) is 11.8 Å². The monoisotopic (exact) mass is 416 g/mol. The highest BCUT2D eigenvalue weighted by molar-refractivity contribution is 7.99. The minimum absolute atomic E-state index is 0.0466. The Morgan fingerprint density at radius 3 is 2.59 bits per heavy atom. The second kappa shape index (κ2) is 8.92. The largest absolute Gasteiger partial charge is 0.383 e. The number of aryl methyl sites for hydroxylation is 1. The van der Waals surface area contributed by atoms with Crippen molar-refractivity contribution in [3.05, 3.63) is 53.1 Å². The molecule has 0 amide bonds. The van der Waals surface area contributed by atoms with Crippen molar-refractivity contribution in [1.29, 1.82) is 0 Å². The molecule has 0 saturated carbocycles. The summed E-state index contributed by atoms with van der Waals surface area (Å²) in [7, 11) is 3.51. The van der Waals surface area contributed by atoms with Gasteiger partial charge in [0.25, 0.3) is 0 Å². The number of ketones is 1. The maximum absolute atomic E-state index is 13.1. The summed E-state index contributed by atoms with van der Waals surface area (Å²) in [6.45, 7) is 6.62. The molecular weight excluding hydrogens is 391 g/mol. The fourth-order valence-electron chi connectivity index (χ4n) is 3.55. The summed E-state index contributed by atoms with van der Waals surface area (Å²) in [6, 6.07) is 8.20. The predicted molar refractivity (Wildman–Crippen MR) is 112 cm³/mol. The number of halogens is 1. The molecule has 0 bridgehead atoms. The van der Waals surface area contributed by atoms with E-state index < -0.39 is 0 Å². The third-order valence-corrected chi connectivity index (χ3v) is 5.92. The third kappa shape index (κ3) is 4.43. The van der Waals surface area contributed by atoms with Crippen molar-refractivity contribution in [2.75, 3.05) is 19.5 Å². The van der Waals surface area contributed by atoms with Gasteiger partial charge in [-0.05, 0) is 51.1 Å². The van der Waals surface area contributed by atoms with Crippen LogP contribution >= 0.6 is 11.8 Å². The summed E-state index contributed by atoms with van der Waals surface area (Å²) < 4.78 is 22.3. The summed E-state index contributed by atoms with van der Waals surface area (Å²) in [6.07, 6.45) is 0. The quantitative estimate of drug-likeness (QED) is 0.406. The second-order valence-electron chi connectivity index (χ2n) is 7.04. The van der Waals surface area contributed by atoms with Gasteiger partial charge in [0.15, 0.2) is 16.8 Å². The maximum Gasteiger partial charge on any atom is 0.191 e. The SMILES string of the molecule is COC[C@@H](C)n1c(C)cc(C(=O)CSc2nnc(-c3ccc(F)cc3)n2C)c1C. The molecule has 0 saturated heterocycles. The molecule has 29 heavy (non-hydrogen) atoms. The Balaban J connectivity index is 1.73. The van der Waals surface area contributed by atoms with E-state index in [2.05, 4.69) is 21.7 Å². The molecule has 0 N–H and O–H groups in total. The van der Waals surface area contributed by atoms with Crippen LogP contribution in [0.3, 0.4) is 0 Å². The summed E-state index contributed by atoms with van der Waals surface area (Å²) >= 11 is 1.34. The number of carbonyl (C=O) groups is 1. The van der Waals surface area contributed by atoms with E-state index in [1.807, 2.05) is 31.5 Å². The molecule has 2 aromatic heterocycles. The molecule has 3 aromatic rings. The molecule has 0 radical (unpaired) electrons. The van der Waals surface area contributed by atoms with Gasteiger partial charge in [-0.1, -0.05) is 11.8 Å². The topological polar surface area (TPSA) is 61.9 Å². The van der Waals surface area contributed by atoms with Gasteiger partial charge in [-0.3, -0.25) is 4.79 Å². The number of nitrogens with zero attached hydrogens (tertiary/aromatic N) is 4. The molecule has 0 spiro atoms. The number of ether oxygens (including phenoxy) is 1. The molecule has 3 rings (SSSR count). The van der Waals surface area contributed by atoms with E-state index in [0.29, 0.717) is 17.6 Å². The average Bonchev–Trinajstić information content (AvgIpc) is 3.20. The zero-order valence-electron chi connectivity index (χ0n) is 17.3. The van der Waals surface area contributed by atoms with E-state index in [0.717, 1.165) is 22.5 Å². The highest BCUT2D eigenvalue weighted by atomic mass is 32.2. The third-order valence-electron chi connectivity index (χ3n) is 4.90. The van der Waals surface area contributed by atoms with Gasteiger partial charge in [0.2, 0.25) is 0 Å². The van der Waals surface area contributed by atoms with E-state index in [1.165, 1.54) is 23.9 Å². The van der Waals surface area contributed by atoms with E-state index >= 15 is 0 Å². The van der Waals surface area contributed by atoms with E-state index in [1.54, 1.807) is 19.2 Å². The number of thioether (sulfide) groups is 1. The van der Waals surface area contributed by atoms with Gasteiger partial charge in [0.05, 0.1) is 18.4 Å². The van der Waals surface area contributed by atoms with E-state index in [9.17, 15) is 9.18 Å². The second-order valence-corrected chi connectivity index (χ2v) is 7.99. The Morgan fingerprint density at radius 2 is 1.93 bits per heavy atom. The Morgan fingerprint density at radius 1 is 1.24 bits per heavy atom. The van der Waals surface area contributed by atoms with Crippen LogP contribution in [-0.4, -0.2) is 44.6 Å². The Hall–Kier alpha value is -2.45. The van der Waals surface area contributed by atoms with Gasteiger partial charge in [-0.25, -0.2) is 4.39 Å². The van der Waals surface area contributed by atoms with Crippen LogP contribution in [0, 0.1) is 19.7 Å². The van der Waals surface area contributed by atoms with Crippen LogP contribution < -0.4 is 0 Å². The highest BCUT2D eigenvalue weighted by Crippen LogP contribution is 2.26. The number of hydrogen-bond donors (Lipinski definition) is 0. The first-order chi connectivity index (χ1) is 13.8. The number of aromatic nitrogens is 4. The van der Waals surface area contributed by atoms with Crippen molar-refractivity contribution in [3.8, 4) is 11.4 Å². The fourth-order valence-corrected chi connectivity index (χ4v) is 4.35. The summed E-state index contributed by atoms with van der Waals surface area (Å²) in [5, 5.41) is 9.01. The van der Waals surface area contributed by atoms with Crippen molar-refractivity contribution < 1.29 is 13.9 Å². The van der Waals surface area contributed by atoms with Crippen molar-refractivity contribution in [3.63, 3.8) is 0 Å². The van der Waals surface area contributed by atoms with E-state index in [-0.39, 0.29) is 23.4 Å². The Bertz CT molecular complexity index is 1010. The maximum atomic E-state index is 13.1. The molecule has 1 aromatic carbocycles. The zero-order chi connectivity index (χ0) is 21.1. The van der Waals surface area contributed by atoms with Gasteiger partial charge in [-0.15, -0.1) is 10.2 Å². The molecule has 0 aliphatic heterocycles. The van der Waals surface area contributed by atoms with Crippen LogP contribution in [0.5, 0.6) is 0 Å². The lowest BCUT2D eigenvalue weighted by atomic mass is 10.2. The van der Waals surface area contributed by atoms with E-state index in [4.69, 9.17) is 4.74 Å². The number of methoxy groups -OCH3 is 1. The van der Waals surface area contributed by atoms with Crippen LogP contribution in [0.25, 0.3) is 11.4 Å². The number of rotatable bonds is 8. The van der Waals surface area contributed by atoms with Gasteiger partial charge in [-0.2, -0.15) is 0 Å². The summed E-state index contributed by atoms with van der Waals surface area (Å²) in [4.78, 5) is 12.8. The zero-order valence-corrected chi connectivity index (χ0v) is 18.1. The predicted octanol–water partition coefficient (Wildman–Crippen LogP) is 4.22. The summed E-state index contributed by atoms with van der Waals surface area (Å²) in [5.74, 6) is 0.642. The lowest BCUT2D eigenvalue weighted by Crippen LogP contribution is -2.14. The number of carbonyl (C=O) groups excluding carboxylic acids is 1. The minimum atomic E-state index is -0.298. The molecular formula is C21H25FN4O2S. The first-order valence-corrected chi connectivity index (χ1v) is 10.3. The molecule has 0 fully saturated rings. The van der Waals surface area contributed by atoms with Gasteiger partial charge in [0.1, 0.15) is 5.82 Å². The molecule has 6 nitrogen and oxygen atoms in total. The van der Waals surface area contributed by atoms with Crippen LogP contribution in [0.4, 0.5) is 4.39 Å². The van der Waals surface area contributed by atoms with Crippen LogP contribution in [0.15, 0.2) is 35.5 Å². The van der Waals surface area contributed by atoms with Crippen molar-refractivity contribution >= 4 is 17.5 Å². The first kappa shape index (κ1) is 21.3. The van der Waals surface area contributed by atoms with Crippen LogP contribution in [0.1, 0.15) is 34.7 Å². The lowest BCUT2D eigenvalue weighted by Gasteiger charge is -2.17. The number of hydrogen-bond acceptors (Lipinski definition) is 5. The first-order valence-electron chi connectivity index (χ1n) is 9.32. The van der Waals surface area contributed by atoms with Crippen molar-refractivity contribution in [2.24, 2.45) is 7.05 Å². The molecule has 8 heteroatoms. The summed E-state index contributed by atoms with van der Waals surface area (Å²) in [5.41, 5.74) is 3.48. The molecule has 1 atom stereocenters. The average molecular weight is 417 g/mol. The van der Waals surface area contributed by atoms with Gasteiger partial charge >= 0.3 is 0 Å². The number of Topliss-reactive ketones (excluding diaryl/α,β-unsaturated/α-hetero) is 1. The molecule has 0 aliphatic rings. The molecule has 0 unspecified atom stereocenters. The van der Waals surface area contributed by atoms with Crippen molar-refractivity contribution in [2.45, 2.75) is 32.0 Å². The molecule has 0 aliphatic carbocycles. The standard InChI is InChI=1S/C21H25FN4O2S/c1-13-10-18(15(3)26(13)14(2)11-28-5)19(27)12-29-21-24-23-20(25(21)4)16-6-8-17(22)9-7-16/h6-10,14H,11-12H2,1-5H3/t14-/m1/s1. The number of benzene rings is 1. The highest BCUT2D eigenvalue weighted by Gasteiger charge is 2.20. The fraction of sp³-hybridized carbons (Fsp3) is 0.381. The van der Waals surface area contributed by atoms with Gasteiger partial charge < -0.3 is 13.9 Å². The smallest absolute Gasteiger partial charge is 0.191 e.